The Kier molecular flexibility index (Phi) is 13.3. The molecule has 5 aromatic rings. The van der Waals surface area contributed by atoms with Gasteiger partial charge in [0.25, 0.3) is 15.7 Å². The SMILES string of the molecule is CN(C)CC[C@H](CSc1ccccc1)Nc1ccc(S(=O)(=O)NC2=CC=C(N3CCN(c4cccc(-c5cn(C)nc5-c5ccc(Cl)cc5)c4)CC3)CC2)cc1[N+](=O)[O-]. The van der Waals surface area contributed by atoms with Crippen molar-refractivity contribution in [1.82, 2.24) is 24.3 Å². The van der Waals surface area contributed by atoms with Crippen LogP contribution in [0.25, 0.3) is 22.4 Å². The van der Waals surface area contributed by atoms with Crippen molar-refractivity contribution in [1.29, 1.82) is 0 Å². The van der Waals surface area contributed by atoms with Gasteiger partial charge in [-0.1, -0.05) is 54.1 Å². The zero-order valence-corrected chi connectivity index (χ0v) is 35.8. The van der Waals surface area contributed by atoms with Crippen LogP contribution in [-0.4, -0.2) is 91.5 Å². The van der Waals surface area contributed by atoms with E-state index < -0.39 is 14.9 Å². The molecule has 0 bridgehead atoms. The molecule has 59 heavy (non-hydrogen) atoms. The molecule has 0 unspecified atom stereocenters. The minimum absolute atomic E-state index is 0.0864. The van der Waals surface area contributed by atoms with E-state index in [1.54, 1.807) is 11.8 Å². The molecule has 7 rings (SSSR count). The fraction of sp³-hybridized carbons (Fsp3) is 0.295. The van der Waals surface area contributed by atoms with Crippen LogP contribution in [0.5, 0.6) is 0 Å². The summed E-state index contributed by atoms with van der Waals surface area (Å²) in [5.74, 6) is 0.684. The highest BCUT2D eigenvalue weighted by Gasteiger charge is 2.26. The molecule has 1 aliphatic carbocycles. The van der Waals surface area contributed by atoms with E-state index in [4.69, 9.17) is 16.7 Å². The number of sulfonamides is 1. The van der Waals surface area contributed by atoms with E-state index in [9.17, 15) is 18.5 Å². The molecular formula is C44H49ClN8O4S2. The summed E-state index contributed by atoms with van der Waals surface area (Å²) in [5, 5.41) is 21.0. The van der Waals surface area contributed by atoms with Gasteiger partial charge in [-0.05, 0) is 106 Å². The van der Waals surface area contributed by atoms with Crippen molar-refractivity contribution in [3.63, 3.8) is 0 Å². The van der Waals surface area contributed by atoms with Crippen molar-refractivity contribution < 1.29 is 13.3 Å². The number of hydrogen-bond donors (Lipinski definition) is 2. The minimum atomic E-state index is -4.07. The molecule has 0 spiro atoms. The van der Waals surface area contributed by atoms with Crippen molar-refractivity contribution in [3.05, 3.63) is 142 Å². The van der Waals surface area contributed by atoms with Crippen LogP contribution in [0.15, 0.2) is 137 Å². The highest BCUT2D eigenvalue weighted by atomic mass is 35.5. The Morgan fingerprint density at radius 3 is 2.34 bits per heavy atom. The normalized spacial score (nSPS) is 15.1. The maximum atomic E-state index is 13.6. The molecule has 1 aromatic heterocycles. The van der Waals surface area contributed by atoms with Crippen LogP contribution in [0.1, 0.15) is 19.3 Å². The first kappa shape index (κ1) is 41.9. The quantitative estimate of drug-likeness (QED) is 0.0567. The molecule has 15 heteroatoms. The lowest BCUT2D eigenvalue weighted by atomic mass is 10.0. The molecule has 2 heterocycles. The van der Waals surface area contributed by atoms with Gasteiger partial charge in [-0.3, -0.25) is 19.5 Å². The predicted molar refractivity (Wildman–Crippen MR) is 239 cm³/mol. The number of nitrogens with one attached hydrogen (secondary N) is 2. The third-order valence-electron chi connectivity index (χ3n) is 10.5. The summed E-state index contributed by atoms with van der Waals surface area (Å²) in [6.45, 7) is 4.13. The summed E-state index contributed by atoms with van der Waals surface area (Å²) in [4.78, 5) is 19.5. The van der Waals surface area contributed by atoms with Gasteiger partial charge >= 0.3 is 0 Å². The fourth-order valence-corrected chi connectivity index (χ4v) is 9.61. The number of piperazine rings is 1. The molecular weight excluding hydrogens is 804 g/mol. The van der Waals surface area contributed by atoms with Crippen LogP contribution in [0.3, 0.4) is 0 Å². The molecule has 1 saturated heterocycles. The van der Waals surface area contributed by atoms with Gasteiger partial charge in [0.05, 0.1) is 9.82 Å². The summed E-state index contributed by atoms with van der Waals surface area (Å²) in [6.07, 6.45) is 7.77. The van der Waals surface area contributed by atoms with Crippen molar-refractivity contribution in [2.45, 2.75) is 35.1 Å². The molecule has 1 aliphatic heterocycles. The average molecular weight is 854 g/mol. The number of hydrogen-bond acceptors (Lipinski definition) is 10. The average Bonchev–Trinajstić information content (AvgIpc) is 3.64. The Hall–Kier alpha value is -5.28. The lowest BCUT2D eigenvalue weighted by Gasteiger charge is -2.39. The molecule has 2 N–H and O–H groups in total. The highest BCUT2D eigenvalue weighted by Crippen LogP contribution is 2.35. The van der Waals surface area contributed by atoms with E-state index in [0.29, 0.717) is 35.0 Å². The molecule has 1 atom stereocenters. The number of thioether (sulfide) groups is 1. The minimum Gasteiger partial charge on any atom is -0.376 e. The summed E-state index contributed by atoms with van der Waals surface area (Å²) in [7, 11) is 1.83. The summed E-state index contributed by atoms with van der Waals surface area (Å²) in [5.41, 5.74) is 6.94. The van der Waals surface area contributed by atoms with Crippen molar-refractivity contribution in [2.75, 3.05) is 62.8 Å². The zero-order chi connectivity index (χ0) is 41.5. The monoisotopic (exact) mass is 852 g/mol. The number of anilines is 2. The fourth-order valence-electron chi connectivity index (χ4n) is 7.35. The lowest BCUT2D eigenvalue weighted by Crippen LogP contribution is -2.46. The molecule has 1 fully saturated rings. The van der Waals surface area contributed by atoms with E-state index in [1.165, 1.54) is 12.1 Å². The third kappa shape index (κ3) is 10.7. The van der Waals surface area contributed by atoms with Gasteiger partial charge in [0.1, 0.15) is 11.4 Å². The Morgan fingerprint density at radius 2 is 1.64 bits per heavy atom. The number of benzene rings is 4. The maximum Gasteiger partial charge on any atom is 0.293 e. The summed E-state index contributed by atoms with van der Waals surface area (Å²) in [6, 6.07) is 30.3. The summed E-state index contributed by atoms with van der Waals surface area (Å²) < 4.78 is 31.7. The van der Waals surface area contributed by atoms with Crippen molar-refractivity contribution in [2.24, 2.45) is 7.05 Å². The van der Waals surface area contributed by atoms with Crippen molar-refractivity contribution in [3.8, 4) is 22.4 Å². The number of allylic oxidation sites excluding steroid dienone is 4. The van der Waals surface area contributed by atoms with Gasteiger partial charge in [0.2, 0.25) is 0 Å². The number of rotatable bonds is 16. The Bertz CT molecular complexity index is 2430. The van der Waals surface area contributed by atoms with E-state index in [1.807, 2.05) is 98.8 Å². The van der Waals surface area contributed by atoms with E-state index in [0.717, 1.165) is 83.9 Å². The van der Waals surface area contributed by atoms with E-state index in [2.05, 4.69) is 49.0 Å². The number of nitrogens with zero attached hydrogens (tertiary/aromatic N) is 6. The van der Waals surface area contributed by atoms with Crippen LogP contribution in [0.2, 0.25) is 5.02 Å². The maximum absolute atomic E-state index is 13.6. The van der Waals surface area contributed by atoms with Crippen LogP contribution in [-0.2, 0) is 17.1 Å². The van der Waals surface area contributed by atoms with Crippen LogP contribution in [0, 0.1) is 10.1 Å². The molecule has 2 aliphatic rings. The smallest absolute Gasteiger partial charge is 0.293 e. The zero-order valence-electron chi connectivity index (χ0n) is 33.4. The molecule has 0 amide bonds. The second-order valence-electron chi connectivity index (χ2n) is 15.0. The third-order valence-corrected chi connectivity index (χ3v) is 13.3. The predicted octanol–water partition coefficient (Wildman–Crippen LogP) is 8.50. The molecule has 308 valence electrons. The number of nitro groups is 1. The van der Waals surface area contributed by atoms with Crippen molar-refractivity contribution >= 4 is 50.4 Å². The number of halogens is 1. The van der Waals surface area contributed by atoms with Crippen LogP contribution in [0.4, 0.5) is 17.1 Å². The van der Waals surface area contributed by atoms with Gasteiger partial charge in [-0.2, -0.15) is 5.10 Å². The number of aromatic nitrogens is 2. The van der Waals surface area contributed by atoms with E-state index >= 15 is 0 Å². The highest BCUT2D eigenvalue weighted by molar-refractivity contribution is 7.99. The Morgan fingerprint density at radius 1 is 0.898 bits per heavy atom. The Balaban J connectivity index is 0.975. The first-order chi connectivity index (χ1) is 28.4. The molecule has 4 aromatic carbocycles. The first-order valence-corrected chi connectivity index (χ1v) is 22.5. The van der Waals surface area contributed by atoms with Gasteiger partial charge in [-0.15, -0.1) is 11.8 Å². The van der Waals surface area contributed by atoms with Crippen LogP contribution >= 0.6 is 23.4 Å². The summed E-state index contributed by atoms with van der Waals surface area (Å²) >= 11 is 7.82. The van der Waals surface area contributed by atoms with Crippen LogP contribution < -0.4 is 14.9 Å². The Labute approximate surface area is 355 Å². The van der Waals surface area contributed by atoms with Gasteiger partial charge in [0.15, 0.2) is 0 Å². The first-order valence-electron chi connectivity index (χ1n) is 19.6. The molecule has 0 saturated carbocycles. The molecule has 0 radical (unpaired) electrons. The number of nitro benzene ring substituents is 1. The van der Waals surface area contributed by atoms with Gasteiger partial charge < -0.3 is 20.0 Å². The number of aryl methyl sites for hydroxylation is 1. The second kappa shape index (κ2) is 18.8. The standard InChI is InChI=1S/C44H49ClN8O4S2/c1-49(2)23-22-36(31-58-39-10-5-4-6-11-39)46-42-21-20-40(29-43(42)53(54)55)59(56,57)48-35-16-18-37(19-17-35)51-24-26-52(27-25-51)38-9-7-8-33(28-38)41-30-50(3)47-44(41)32-12-14-34(45)15-13-32/h4-16,18,20-21,28-30,36,46,48H,17,19,22-27,31H2,1-3H3/t36-/m1/s1. The topological polar surface area (TPSA) is 129 Å². The van der Waals surface area contributed by atoms with Gasteiger partial charge in [0, 0.05) is 95.4 Å². The second-order valence-corrected chi connectivity index (χ2v) is 18.3. The largest absolute Gasteiger partial charge is 0.376 e. The lowest BCUT2D eigenvalue weighted by molar-refractivity contribution is -0.384. The van der Waals surface area contributed by atoms with Gasteiger partial charge in [-0.25, -0.2) is 8.42 Å². The molecule has 12 nitrogen and oxygen atoms in total. The van der Waals surface area contributed by atoms with E-state index in [-0.39, 0.29) is 16.6 Å².